The molecule has 4 heterocycles. The minimum atomic E-state index is 0.137. The van der Waals surface area contributed by atoms with Crippen LogP contribution in [0.4, 0.5) is 0 Å². The smallest absolute Gasteiger partial charge is 0.229 e. The molecule has 0 saturated carbocycles. The van der Waals surface area contributed by atoms with Crippen molar-refractivity contribution in [1.82, 2.24) is 19.4 Å². The third-order valence-electron chi connectivity index (χ3n) is 4.59. The van der Waals surface area contributed by atoms with Crippen molar-refractivity contribution in [2.45, 2.75) is 31.7 Å². The monoisotopic (exact) mass is 352 g/mol. The molecule has 0 N–H and O–H groups in total. The second-order valence-corrected chi connectivity index (χ2v) is 7.11. The summed E-state index contributed by atoms with van der Waals surface area (Å²) < 4.78 is 1.97. The van der Waals surface area contributed by atoms with E-state index < -0.39 is 0 Å². The number of nitrogens with zero attached hydrogens (tertiary/aromatic N) is 4. The third kappa shape index (κ3) is 3.49. The van der Waals surface area contributed by atoms with E-state index in [-0.39, 0.29) is 11.9 Å². The van der Waals surface area contributed by atoms with E-state index in [0.717, 1.165) is 42.2 Å². The normalized spacial score (nSPS) is 17.6. The molecule has 0 aliphatic carbocycles. The van der Waals surface area contributed by atoms with Gasteiger partial charge in [-0.15, -0.1) is 11.3 Å². The van der Waals surface area contributed by atoms with Crippen molar-refractivity contribution in [1.29, 1.82) is 0 Å². The summed E-state index contributed by atoms with van der Waals surface area (Å²) in [4.78, 5) is 23.7. The van der Waals surface area contributed by atoms with Crippen molar-refractivity contribution >= 4 is 17.2 Å². The highest BCUT2D eigenvalue weighted by Crippen LogP contribution is 2.31. The Kier molecular flexibility index (Phi) is 4.61. The Morgan fingerprint density at radius 1 is 1.24 bits per heavy atom. The quantitative estimate of drug-likeness (QED) is 0.720. The maximum absolute atomic E-state index is 12.9. The van der Waals surface area contributed by atoms with Gasteiger partial charge in [0.15, 0.2) is 5.13 Å². The molecule has 25 heavy (non-hydrogen) atoms. The van der Waals surface area contributed by atoms with Crippen LogP contribution in [-0.2, 0) is 11.2 Å². The van der Waals surface area contributed by atoms with Gasteiger partial charge in [0, 0.05) is 36.7 Å². The molecular formula is C19H20N4OS. The standard InChI is InChI=1S/C19H20N4OS/c24-18(12-16-14-25-19(21-16)22-9-3-4-10-22)23-11-2-1-7-17(23)15-6-5-8-20-13-15/h3-6,8-10,13-14,17H,1-2,7,11-12H2/t17-/m0/s1. The molecule has 3 aromatic rings. The number of likely N-dealkylation sites (tertiary alicyclic amines) is 1. The van der Waals surface area contributed by atoms with Crippen LogP contribution in [0.15, 0.2) is 54.4 Å². The van der Waals surface area contributed by atoms with Gasteiger partial charge in [0.2, 0.25) is 5.91 Å². The lowest BCUT2D eigenvalue weighted by atomic mass is 9.96. The van der Waals surface area contributed by atoms with Crippen LogP contribution in [0.3, 0.4) is 0 Å². The highest BCUT2D eigenvalue weighted by molar-refractivity contribution is 7.12. The molecule has 0 radical (unpaired) electrons. The van der Waals surface area contributed by atoms with Crippen LogP contribution in [0.1, 0.15) is 36.6 Å². The Labute approximate surface area is 151 Å². The SMILES string of the molecule is O=C(Cc1csc(-n2cccc2)n1)N1CCCC[C@H]1c1cccnc1. The number of thiazole rings is 1. The molecular weight excluding hydrogens is 332 g/mol. The number of rotatable bonds is 4. The summed E-state index contributed by atoms with van der Waals surface area (Å²) in [6.45, 7) is 0.812. The number of amides is 1. The van der Waals surface area contributed by atoms with Gasteiger partial charge in [-0.05, 0) is 43.0 Å². The molecule has 4 rings (SSSR count). The van der Waals surface area contributed by atoms with Crippen LogP contribution in [0.25, 0.3) is 5.13 Å². The van der Waals surface area contributed by atoms with E-state index in [9.17, 15) is 4.79 Å². The molecule has 1 fully saturated rings. The van der Waals surface area contributed by atoms with Gasteiger partial charge in [-0.2, -0.15) is 0 Å². The summed E-state index contributed by atoms with van der Waals surface area (Å²) in [5.74, 6) is 0.151. The molecule has 0 unspecified atom stereocenters. The van der Waals surface area contributed by atoms with E-state index in [0.29, 0.717) is 6.42 Å². The molecule has 5 nitrogen and oxygen atoms in total. The van der Waals surface area contributed by atoms with Crippen LogP contribution in [0, 0.1) is 0 Å². The highest BCUT2D eigenvalue weighted by atomic mass is 32.1. The number of carbonyl (C=O) groups excluding carboxylic acids is 1. The zero-order valence-corrected chi connectivity index (χ0v) is 14.7. The molecule has 1 atom stereocenters. The fourth-order valence-electron chi connectivity index (χ4n) is 3.36. The molecule has 0 aromatic carbocycles. The Hall–Kier alpha value is -2.47. The van der Waals surface area contributed by atoms with Gasteiger partial charge in [-0.25, -0.2) is 4.98 Å². The number of pyridine rings is 1. The van der Waals surface area contributed by atoms with Gasteiger partial charge in [-0.1, -0.05) is 6.07 Å². The van der Waals surface area contributed by atoms with Crippen LogP contribution in [-0.4, -0.2) is 31.9 Å². The maximum Gasteiger partial charge on any atom is 0.229 e. The number of carbonyl (C=O) groups is 1. The van der Waals surface area contributed by atoms with Gasteiger partial charge in [0.1, 0.15) is 0 Å². The lowest BCUT2D eigenvalue weighted by Crippen LogP contribution is -2.39. The second kappa shape index (κ2) is 7.19. The number of hydrogen-bond acceptors (Lipinski definition) is 4. The average molecular weight is 352 g/mol. The van der Waals surface area contributed by atoms with E-state index in [1.165, 1.54) is 0 Å². The molecule has 128 valence electrons. The van der Waals surface area contributed by atoms with Gasteiger partial charge < -0.3 is 9.47 Å². The molecule has 0 bridgehead atoms. The minimum absolute atomic E-state index is 0.137. The zero-order chi connectivity index (χ0) is 17.1. The molecule has 3 aromatic heterocycles. The van der Waals surface area contributed by atoms with Gasteiger partial charge in [0.25, 0.3) is 0 Å². The summed E-state index contributed by atoms with van der Waals surface area (Å²) in [5, 5.41) is 2.88. The summed E-state index contributed by atoms with van der Waals surface area (Å²) in [6.07, 6.45) is 11.2. The minimum Gasteiger partial charge on any atom is -0.335 e. The Morgan fingerprint density at radius 2 is 2.12 bits per heavy atom. The first-order valence-electron chi connectivity index (χ1n) is 8.58. The van der Waals surface area contributed by atoms with Gasteiger partial charge in [0.05, 0.1) is 18.2 Å². The summed E-state index contributed by atoms with van der Waals surface area (Å²) >= 11 is 1.56. The Balaban J connectivity index is 1.49. The first-order valence-corrected chi connectivity index (χ1v) is 9.46. The van der Waals surface area contributed by atoms with Crippen molar-refractivity contribution in [2.24, 2.45) is 0 Å². The highest BCUT2D eigenvalue weighted by Gasteiger charge is 2.28. The van der Waals surface area contributed by atoms with E-state index in [2.05, 4.69) is 16.0 Å². The zero-order valence-electron chi connectivity index (χ0n) is 13.9. The van der Waals surface area contributed by atoms with E-state index >= 15 is 0 Å². The van der Waals surface area contributed by atoms with E-state index in [1.54, 1.807) is 17.5 Å². The van der Waals surface area contributed by atoms with Crippen LogP contribution in [0.5, 0.6) is 0 Å². The second-order valence-electron chi connectivity index (χ2n) is 6.27. The fraction of sp³-hybridized carbons (Fsp3) is 0.316. The maximum atomic E-state index is 12.9. The van der Waals surface area contributed by atoms with E-state index in [1.807, 2.05) is 51.6 Å². The lowest BCUT2D eigenvalue weighted by Gasteiger charge is -2.36. The lowest BCUT2D eigenvalue weighted by molar-refractivity contribution is -0.134. The Morgan fingerprint density at radius 3 is 2.92 bits per heavy atom. The van der Waals surface area contributed by atoms with E-state index in [4.69, 9.17) is 0 Å². The van der Waals surface area contributed by atoms with Crippen LogP contribution >= 0.6 is 11.3 Å². The summed E-state index contributed by atoms with van der Waals surface area (Å²) in [5.41, 5.74) is 1.97. The predicted octanol–water partition coefficient (Wildman–Crippen LogP) is 3.63. The fourth-order valence-corrected chi connectivity index (χ4v) is 4.16. The first-order chi connectivity index (χ1) is 12.3. The van der Waals surface area contributed by atoms with Crippen molar-refractivity contribution in [2.75, 3.05) is 6.54 Å². The van der Waals surface area contributed by atoms with Gasteiger partial charge >= 0.3 is 0 Å². The topological polar surface area (TPSA) is 51.0 Å². The van der Waals surface area contributed by atoms with Crippen molar-refractivity contribution in [3.63, 3.8) is 0 Å². The van der Waals surface area contributed by atoms with Crippen LogP contribution in [0.2, 0.25) is 0 Å². The summed E-state index contributed by atoms with van der Waals surface area (Å²) in [7, 11) is 0. The third-order valence-corrected chi connectivity index (χ3v) is 5.49. The van der Waals surface area contributed by atoms with Crippen molar-refractivity contribution in [3.8, 4) is 5.13 Å². The number of aromatic nitrogens is 3. The molecule has 1 amide bonds. The predicted molar refractivity (Wildman–Crippen MR) is 97.7 cm³/mol. The molecule has 6 heteroatoms. The average Bonchev–Trinajstić information content (AvgIpc) is 3.34. The Bertz CT molecular complexity index is 828. The largest absolute Gasteiger partial charge is 0.335 e. The molecule has 1 saturated heterocycles. The number of hydrogen-bond donors (Lipinski definition) is 0. The first kappa shape index (κ1) is 16.0. The summed E-state index contributed by atoms with van der Waals surface area (Å²) in [6, 6.07) is 8.08. The molecule has 0 spiro atoms. The van der Waals surface area contributed by atoms with Crippen molar-refractivity contribution in [3.05, 3.63) is 65.7 Å². The van der Waals surface area contributed by atoms with Crippen molar-refractivity contribution < 1.29 is 4.79 Å². The molecule has 1 aliphatic heterocycles. The number of piperidine rings is 1. The van der Waals surface area contributed by atoms with Crippen LogP contribution < -0.4 is 0 Å². The van der Waals surface area contributed by atoms with Gasteiger partial charge in [-0.3, -0.25) is 9.78 Å². The molecule has 1 aliphatic rings.